The van der Waals surface area contributed by atoms with Crippen molar-refractivity contribution in [3.05, 3.63) is 30.7 Å². The van der Waals surface area contributed by atoms with Crippen molar-refractivity contribution in [2.45, 2.75) is 18.2 Å². The Bertz CT molecular complexity index is 511. The summed E-state index contributed by atoms with van der Waals surface area (Å²) >= 11 is 3.30. The zero-order chi connectivity index (χ0) is 13.0. The van der Waals surface area contributed by atoms with Gasteiger partial charge in [-0.3, -0.25) is 4.79 Å². The molecule has 0 spiro atoms. The van der Waals surface area contributed by atoms with E-state index in [1.165, 1.54) is 6.39 Å². The SMILES string of the molecule is CCC(Br)C(=O)Nc1ccc(-c2nnco2)cc1. The zero-order valence-electron chi connectivity index (χ0n) is 9.76. The molecule has 1 atom stereocenters. The number of nitrogens with zero attached hydrogens (tertiary/aromatic N) is 2. The number of carbonyl (C=O) groups is 1. The van der Waals surface area contributed by atoms with Gasteiger partial charge in [0.25, 0.3) is 0 Å². The van der Waals surface area contributed by atoms with E-state index in [1.807, 2.05) is 19.1 Å². The van der Waals surface area contributed by atoms with E-state index in [4.69, 9.17) is 4.42 Å². The number of rotatable bonds is 4. The number of nitrogens with one attached hydrogen (secondary N) is 1. The lowest BCUT2D eigenvalue weighted by atomic mass is 10.2. The monoisotopic (exact) mass is 309 g/mol. The highest BCUT2D eigenvalue weighted by molar-refractivity contribution is 9.10. The fraction of sp³-hybridized carbons (Fsp3) is 0.250. The van der Waals surface area contributed by atoms with E-state index < -0.39 is 0 Å². The molecule has 1 aromatic carbocycles. The molecule has 0 aliphatic heterocycles. The number of aromatic nitrogens is 2. The lowest BCUT2D eigenvalue weighted by Crippen LogP contribution is -2.21. The molecule has 0 bridgehead atoms. The summed E-state index contributed by atoms with van der Waals surface area (Å²) in [4.78, 5) is 11.5. The quantitative estimate of drug-likeness (QED) is 0.882. The molecule has 5 nitrogen and oxygen atoms in total. The van der Waals surface area contributed by atoms with E-state index in [0.29, 0.717) is 5.89 Å². The first-order chi connectivity index (χ1) is 8.70. The molecule has 0 radical (unpaired) electrons. The van der Waals surface area contributed by atoms with Gasteiger partial charge in [-0.25, -0.2) is 0 Å². The Morgan fingerprint density at radius 1 is 1.44 bits per heavy atom. The van der Waals surface area contributed by atoms with Crippen LogP contribution in [0.4, 0.5) is 5.69 Å². The number of hydrogen-bond donors (Lipinski definition) is 1. The van der Waals surface area contributed by atoms with Crippen molar-refractivity contribution >= 4 is 27.5 Å². The fourth-order valence-electron chi connectivity index (χ4n) is 1.40. The van der Waals surface area contributed by atoms with Crippen LogP contribution in [0.25, 0.3) is 11.5 Å². The van der Waals surface area contributed by atoms with E-state index in [9.17, 15) is 4.79 Å². The molecule has 0 fully saturated rings. The first-order valence-corrected chi connectivity index (χ1v) is 6.44. The van der Waals surface area contributed by atoms with Crippen LogP contribution in [0, 0.1) is 0 Å². The average molecular weight is 310 g/mol. The molecule has 1 N–H and O–H groups in total. The van der Waals surface area contributed by atoms with E-state index in [0.717, 1.165) is 17.7 Å². The van der Waals surface area contributed by atoms with Crippen LogP contribution in [0.5, 0.6) is 0 Å². The Balaban J connectivity index is 2.06. The second-order valence-electron chi connectivity index (χ2n) is 3.69. The van der Waals surface area contributed by atoms with E-state index in [1.54, 1.807) is 12.1 Å². The third-order valence-electron chi connectivity index (χ3n) is 2.40. The van der Waals surface area contributed by atoms with Gasteiger partial charge in [0.15, 0.2) is 0 Å². The Kier molecular flexibility index (Phi) is 4.09. The van der Waals surface area contributed by atoms with Gasteiger partial charge in [-0.1, -0.05) is 22.9 Å². The largest absolute Gasteiger partial charge is 0.423 e. The summed E-state index contributed by atoms with van der Waals surface area (Å²) in [5, 5.41) is 10.2. The summed E-state index contributed by atoms with van der Waals surface area (Å²) in [6.45, 7) is 1.94. The van der Waals surface area contributed by atoms with Crippen molar-refractivity contribution in [2.24, 2.45) is 0 Å². The first kappa shape index (κ1) is 12.8. The molecule has 0 aliphatic carbocycles. The maximum absolute atomic E-state index is 11.7. The summed E-state index contributed by atoms with van der Waals surface area (Å²) in [6, 6.07) is 7.23. The molecule has 0 saturated heterocycles. The van der Waals surface area contributed by atoms with Crippen LogP contribution in [0.3, 0.4) is 0 Å². The smallest absolute Gasteiger partial charge is 0.247 e. The van der Waals surface area contributed by atoms with Gasteiger partial charge in [0.1, 0.15) is 0 Å². The lowest BCUT2D eigenvalue weighted by molar-refractivity contribution is -0.115. The molecule has 1 heterocycles. The van der Waals surface area contributed by atoms with Gasteiger partial charge < -0.3 is 9.73 Å². The van der Waals surface area contributed by atoms with Crippen LogP contribution in [0.15, 0.2) is 35.1 Å². The molecule has 1 aromatic heterocycles. The summed E-state index contributed by atoms with van der Waals surface area (Å²) in [7, 11) is 0. The number of hydrogen-bond acceptors (Lipinski definition) is 4. The molecule has 2 aromatic rings. The van der Waals surface area contributed by atoms with Crippen molar-refractivity contribution in [3.8, 4) is 11.5 Å². The number of benzene rings is 1. The number of alkyl halides is 1. The Morgan fingerprint density at radius 3 is 2.72 bits per heavy atom. The van der Waals surface area contributed by atoms with Crippen molar-refractivity contribution in [2.75, 3.05) is 5.32 Å². The standard InChI is InChI=1S/C12H12BrN3O2/c1-2-10(13)11(17)15-9-5-3-8(4-6-9)12-16-14-7-18-12/h3-7,10H,2H2,1H3,(H,15,17). The van der Waals surface area contributed by atoms with Crippen LogP contribution in [0.2, 0.25) is 0 Å². The summed E-state index contributed by atoms with van der Waals surface area (Å²) in [6.07, 6.45) is 2.02. The van der Waals surface area contributed by atoms with E-state index in [2.05, 4.69) is 31.4 Å². The van der Waals surface area contributed by atoms with Crippen molar-refractivity contribution in [3.63, 3.8) is 0 Å². The molecular formula is C12H12BrN3O2. The third-order valence-corrected chi connectivity index (χ3v) is 3.47. The first-order valence-electron chi connectivity index (χ1n) is 5.52. The molecule has 0 saturated carbocycles. The number of halogens is 1. The topological polar surface area (TPSA) is 68.0 Å². The lowest BCUT2D eigenvalue weighted by Gasteiger charge is -2.08. The van der Waals surface area contributed by atoms with E-state index >= 15 is 0 Å². The van der Waals surface area contributed by atoms with Crippen LogP contribution in [-0.2, 0) is 4.79 Å². The second-order valence-corrected chi connectivity index (χ2v) is 4.79. The zero-order valence-corrected chi connectivity index (χ0v) is 11.3. The van der Waals surface area contributed by atoms with Gasteiger partial charge in [-0.05, 0) is 30.7 Å². The van der Waals surface area contributed by atoms with Crippen LogP contribution < -0.4 is 5.32 Å². The number of amides is 1. The summed E-state index contributed by atoms with van der Waals surface area (Å²) < 4.78 is 5.08. The number of carbonyl (C=O) groups excluding carboxylic acids is 1. The molecular weight excluding hydrogens is 298 g/mol. The molecule has 0 aliphatic rings. The Hall–Kier alpha value is -1.69. The van der Waals surface area contributed by atoms with Crippen molar-refractivity contribution < 1.29 is 9.21 Å². The predicted molar refractivity (Wildman–Crippen MR) is 71.4 cm³/mol. The minimum absolute atomic E-state index is 0.0527. The maximum Gasteiger partial charge on any atom is 0.247 e. The fourth-order valence-corrected chi connectivity index (χ4v) is 1.52. The average Bonchev–Trinajstić information content (AvgIpc) is 2.92. The van der Waals surface area contributed by atoms with Crippen molar-refractivity contribution in [1.82, 2.24) is 10.2 Å². The summed E-state index contributed by atoms with van der Waals surface area (Å²) in [5.41, 5.74) is 1.55. The second kappa shape index (κ2) is 5.77. The van der Waals surface area contributed by atoms with Crippen LogP contribution in [-0.4, -0.2) is 20.9 Å². The predicted octanol–water partition coefficient (Wildman–Crippen LogP) is 2.85. The minimum Gasteiger partial charge on any atom is -0.423 e. The normalized spacial score (nSPS) is 12.1. The molecule has 18 heavy (non-hydrogen) atoms. The maximum atomic E-state index is 11.7. The van der Waals surface area contributed by atoms with Crippen LogP contribution >= 0.6 is 15.9 Å². The van der Waals surface area contributed by atoms with Gasteiger partial charge in [-0.2, -0.15) is 0 Å². The highest BCUT2D eigenvalue weighted by Crippen LogP contribution is 2.19. The molecule has 94 valence electrons. The Morgan fingerprint density at radius 2 is 2.17 bits per heavy atom. The molecule has 6 heteroatoms. The molecule has 2 rings (SSSR count). The van der Waals surface area contributed by atoms with Gasteiger partial charge >= 0.3 is 0 Å². The van der Waals surface area contributed by atoms with Gasteiger partial charge in [-0.15, -0.1) is 10.2 Å². The highest BCUT2D eigenvalue weighted by Gasteiger charge is 2.12. The van der Waals surface area contributed by atoms with E-state index in [-0.39, 0.29) is 10.7 Å². The van der Waals surface area contributed by atoms with Gasteiger partial charge in [0, 0.05) is 11.3 Å². The van der Waals surface area contributed by atoms with Crippen molar-refractivity contribution in [1.29, 1.82) is 0 Å². The van der Waals surface area contributed by atoms with Crippen LogP contribution in [0.1, 0.15) is 13.3 Å². The molecule has 1 amide bonds. The summed E-state index contributed by atoms with van der Waals surface area (Å²) in [5.74, 6) is 0.405. The minimum atomic E-state index is -0.173. The van der Waals surface area contributed by atoms with Gasteiger partial charge in [0.2, 0.25) is 18.2 Å². The highest BCUT2D eigenvalue weighted by atomic mass is 79.9. The van der Waals surface area contributed by atoms with Gasteiger partial charge in [0.05, 0.1) is 4.83 Å². The third kappa shape index (κ3) is 2.95. The Labute approximate surface area is 113 Å². The number of anilines is 1. The molecule has 1 unspecified atom stereocenters.